The number of unbranched alkanes of at least 4 members (excludes halogenated alkanes) is 3. The van der Waals surface area contributed by atoms with Gasteiger partial charge in [0.05, 0.1) is 10.5 Å². The predicted molar refractivity (Wildman–Crippen MR) is 99.2 cm³/mol. The van der Waals surface area contributed by atoms with Gasteiger partial charge in [-0.15, -0.1) is 0 Å². The first-order chi connectivity index (χ1) is 12.1. The van der Waals surface area contributed by atoms with Gasteiger partial charge in [-0.1, -0.05) is 37.8 Å². The van der Waals surface area contributed by atoms with Gasteiger partial charge in [-0.2, -0.15) is 5.10 Å². The van der Waals surface area contributed by atoms with E-state index in [1.165, 1.54) is 18.6 Å². The summed E-state index contributed by atoms with van der Waals surface area (Å²) in [7, 11) is 0. The molecule has 0 amide bonds. The molecule has 1 aromatic carbocycles. The van der Waals surface area contributed by atoms with Gasteiger partial charge in [-0.25, -0.2) is 4.39 Å². The summed E-state index contributed by atoms with van der Waals surface area (Å²) in [6.45, 7) is 2.90. The monoisotopic (exact) mass is 362 g/mol. The average molecular weight is 363 g/mol. The van der Waals surface area contributed by atoms with Crippen molar-refractivity contribution in [2.45, 2.75) is 39.2 Å². The molecule has 2 heterocycles. The molecule has 3 aromatic rings. The second-order valence-electron chi connectivity index (χ2n) is 5.95. The number of halogens is 2. The van der Waals surface area contributed by atoms with E-state index < -0.39 is 5.82 Å². The minimum Gasteiger partial charge on any atom is -0.338 e. The van der Waals surface area contributed by atoms with Crippen LogP contribution in [0.3, 0.4) is 0 Å². The van der Waals surface area contributed by atoms with Crippen LogP contribution in [0.2, 0.25) is 5.02 Å². The Morgan fingerprint density at radius 2 is 2.12 bits per heavy atom. The lowest BCUT2D eigenvalue weighted by Gasteiger charge is -2.04. The molecule has 0 fully saturated rings. The molecule has 0 aliphatic rings. The molecular formula is C18H20ClFN4O. The van der Waals surface area contributed by atoms with Gasteiger partial charge in [0.25, 0.3) is 5.56 Å². The van der Waals surface area contributed by atoms with Crippen LogP contribution in [0.5, 0.6) is 0 Å². The van der Waals surface area contributed by atoms with E-state index in [2.05, 4.69) is 22.3 Å². The number of benzene rings is 1. The van der Waals surface area contributed by atoms with Crippen LogP contribution < -0.4 is 10.9 Å². The van der Waals surface area contributed by atoms with Crippen molar-refractivity contribution < 1.29 is 4.39 Å². The van der Waals surface area contributed by atoms with Crippen LogP contribution in [0.25, 0.3) is 10.9 Å². The third-order valence-electron chi connectivity index (χ3n) is 4.08. The fourth-order valence-electron chi connectivity index (χ4n) is 2.79. The van der Waals surface area contributed by atoms with Crippen molar-refractivity contribution in [2.24, 2.45) is 0 Å². The molecule has 7 heteroatoms. The van der Waals surface area contributed by atoms with Crippen LogP contribution in [0.4, 0.5) is 15.9 Å². The quantitative estimate of drug-likeness (QED) is 0.591. The number of anilines is 2. The van der Waals surface area contributed by atoms with Crippen LogP contribution in [-0.2, 0) is 6.54 Å². The van der Waals surface area contributed by atoms with E-state index in [0.717, 1.165) is 31.3 Å². The molecule has 2 aromatic heterocycles. The Morgan fingerprint density at radius 1 is 1.28 bits per heavy atom. The van der Waals surface area contributed by atoms with Gasteiger partial charge in [-0.05, 0) is 30.7 Å². The maximum atomic E-state index is 13.7. The molecular weight excluding hydrogens is 343 g/mol. The lowest BCUT2D eigenvalue weighted by molar-refractivity contribution is 0.555. The summed E-state index contributed by atoms with van der Waals surface area (Å²) in [5, 5.41) is 8.07. The second-order valence-corrected chi connectivity index (χ2v) is 6.36. The molecule has 132 valence electrons. The maximum absolute atomic E-state index is 13.7. The zero-order valence-electron chi connectivity index (χ0n) is 14.0. The number of rotatable bonds is 7. The fourth-order valence-corrected chi connectivity index (χ4v) is 2.91. The Hall–Kier alpha value is -2.34. The number of aromatic nitrogens is 3. The first-order valence-corrected chi connectivity index (χ1v) is 8.78. The highest BCUT2D eigenvalue weighted by Gasteiger charge is 2.14. The van der Waals surface area contributed by atoms with Crippen LogP contribution in [0.15, 0.2) is 35.3 Å². The Kier molecular flexibility index (Phi) is 5.38. The number of hydrogen-bond donors (Lipinski definition) is 2. The van der Waals surface area contributed by atoms with Crippen molar-refractivity contribution in [1.82, 2.24) is 14.8 Å². The summed E-state index contributed by atoms with van der Waals surface area (Å²) in [6, 6.07) is 6.23. The summed E-state index contributed by atoms with van der Waals surface area (Å²) in [6.07, 6.45) is 6.06. The van der Waals surface area contributed by atoms with Crippen LogP contribution in [0, 0.1) is 5.82 Å². The molecule has 0 saturated heterocycles. The van der Waals surface area contributed by atoms with Gasteiger partial charge in [0.15, 0.2) is 5.82 Å². The third-order valence-corrected chi connectivity index (χ3v) is 4.39. The largest absolute Gasteiger partial charge is 0.338 e. The van der Waals surface area contributed by atoms with Crippen molar-refractivity contribution in [1.29, 1.82) is 0 Å². The molecule has 0 aliphatic carbocycles. The van der Waals surface area contributed by atoms with E-state index >= 15 is 0 Å². The number of H-pyrrole nitrogens is 1. The number of nitrogens with one attached hydrogen (secondary N) is 2. The molecule has 5 nitrogen and oxygen atoms in total. The topological polar surface area (TPSA) is 62.7 Å². The fraction of sp³-hybridized carbons (Fsp3) is 0.333. The summed E-state index contributed by atoms with van der Waals surface area (Å²) in [5.41, 5.74) is 1.02. The van der Waals surface area contributed by atoms with E-state index in [0.29, 0.717) is 16.9 Å². The summed E-state index contributed by atoms with van der Waals surface area (Å²) in [5.74, 6) is -0.113. The molecule has 2 N–H and O–H groups in total. The van der Waals surface area contributed by atoms with Crippen molar-refractivity contribution in [3.8, 4) is 0 Å². The summed E-state index contributed by atoms with van der Waals surface area (Å²) in [4.78, 5) is 14.9. The van der Waals surface area contributed by atoms with Crippen LogP contribution >= 0.6 is 11.6 Å². The standard InChI is InChI=1S/C18H20ClFN4O/c1-2-3-4-5-10-24-15-8-9-21-18(25)16(15)17(23-24)22-12-6-7-13(19)14(20)11-12/h6-9,11H,2-5,10H2,1H3,(H,21,25)(H,22,23). The maximum Gasteiger partial charge on any atom is 0.261 e. The molecule has 0 unspecified atom stereocenters. The Morgan fingerprint density at radius 3 is 2.88 bits per heavy atom. The van der Waals surface area contributed by atoms with Crippen molar-refractivity contribution in [3.05, 3.63) is 51.7 Å². The summed E-state index contributed by atoms with van der Waals surface area (Å²) < 4.78 is 15.5. The first-order valence-electron chi connectivity index (χ1n) is 8.40. The Balaban J connectivity index is 1.94. The van der Waals surface area contributed by atoms with E-state index in [-0.39, 0.29) is 10.6 Å². The zero-order chi connectivity index (χ0) is 17.8. The zero-order valence-corrected chi connectivity index (χ0v) is 14.7. The van der Waals surface area contributed by atoms with Gasteiger partial charge in [0, 0.05) is 18.4 Å². The SMILES string of the molecule is CCCCCCn1nc(Nc2ccc(Cl)c(F)c2)c2c(=O)[nH]ccc21. The Labute approximate surface area is 149 Å². The van der Waals surface area contributed by atoms with E-state index in [1.54, 1.807) is 12.3 Å². The number of hydrogen-bond acceptors (Lipinski definition) is 3. The number of aromatic amines is 1. The summed E-state index contributed by atoms with van der Waals surface area (Å²) >= 11 is 5.71. The molecule has 0 bridgehead atoms. The van der Waals surface area contributed by atoms with Gasteiger partial charge in [-0.3, -0.25) is 9.48 Å². The van der Waals surface area contributed by atoms with E-state index in [1.807, 2.05) is 10.7 Å². The second kappa shape index (κ2) is 7.70. The molecule has 0 atom stereocenters. The minimum absolute atomic E-state index is 0.0507. The molecule has 0 radical (unpaired) electrons. The normalized spacial score (nSPS) is 11.2. The van der Waals surface area contributed by atoms with Crippen molar-refractivity contribution >= 4 is 34.0 Å². The number of fused-ring (bicyclic) bond motifs is 1. The minimum atomic E-state index is -0.524. The van der Waals surface area contributed by atoms with E-state index in [9.17, 15) is 9.18 Å². The lowest BCUT2D eigenvalue weighted by atomic mass is 10.2. The number of aryl methyl sites for hydroxylation is 1. The predicted octanol–water partition coefficient (Wildman–Crippen LogP) is 4.84. The van der Waals surface area contributed by atoms with Crippen LogP contribution in [0.1, 0.15) is 32.6 Å². The van der Waals surface area contributed by atoms with Gasteiger partial charge >= 0.3 is 0 Å². The van der Waals surface area contributed by atoms with Gasteiger partial charge < -0.3 is 10.3 Å². The Bertz CT molecular complexity index is 934. The van der Waals surface area contributed by atoms with E-state index in [4.69, 9.17) is 11.6 Å². The highest BCUT2D eigenvalue weighted by Crippen LogP contribution is 2.25. The molecule has 0 spiro atoms. The third kappa shape index (κ3) is 3.85. The number of nitrogens with zero attached hydrogens (tertiary/aromatic N) is 2. The highest BCUT2D eigenvalue weighted by molar-refractivity contribution is 6.30. The van der Waals surface area contributed by atoms with Crippen molar-refractivity contribution in [3.63, 3.8) is 0 Å². The van der Waals surface area contributed by atoms with Crippen molar-refractivity contribution in [2.75, 3.05) is 5.32 Å². The van der Waals surface area contributed by atoms with Gasteiger partial charge in [0.1, 0.15) is 11.2 Å². The first kappa shape index (κ1) is 17.5. The highest BCUT2D eigenvalue weighted by atomic mass is 35.5. The molecule has 0 saturated carbocycles. The van der Waals surface area contributed by atoms with Gasteiger partial charge in [0.2, 0.25) is 0 Å². The molecule has 0 aliphatic heterocycles. The number of pyridine rings is 1. The average Bonchev–Trinajstić information content (AvgIpc) is 2.94. The lowest BCUT2D eigenvalue weighted by Crippen LogP contribution is -2.06. The smallest absolute Gasteiger partial charge is 0.261 e. The molecule has 25 heavy (non-hydrogen) atoms. The molecule has 3 rings (SSSR count). The van der Waals surface area contributed by atoms with Crippen LogP contribution in [-0.4, -0.2) is 14.8 Å².